The average Bonchev–Trinajstić information content (AvgIpc) is 1.90. The van der Waals surface area contributed by atoms with Crippen LogP contribution < -0.4 is 5.32 Å². The summed E-state index contributed by atoms with van der Waals surface area (Å²) in [4.78, 5) is 0. The summed E-state index contributed by atoms with van der Waals surface area (Å²) in [7, 11) is 0. The van der Waals surface area contributed by atoms with Gasteiger partial charge in [0.05, 0.1) is 0 Å². The molecular weight excluding hydrogens is 122 g/mol. The van der Waals surface area contributed by atoms with Gasteiger partial charge in [-0.2, -0.15) is 0 Å². The minimum Gasteiger partial charge on any atom is -0.316 e. The highest BCUT2D eigenvalue weighted by Gasteiger charge is 2.14. The van der Waals surface area contributed by atoms with Gasteiger partial charge in [-0.15, -0.1) is 0 Å². The molecule has 10 heavy (non-hydrogen) atoms. The van der Waals surface area contributed by atoms with Gasteiger partial charge in [-0.1, -0.05) is 33.6 Å². The fourth-order valence-electron chi connectivity index (χ4n) is 1.05. The minimum atomic E-state index is 1.02. The number of nitrogens with one attached hydrogen (secondary N) is 1. The molecule has 0 aromatic heterocycles. The molecule has 1 saturated heterocycles. The summed E-state index contributed by atoms with van der Waals surface area (Å²) in [6, 6.07) is 0. The zero-order valence-electron chi connectivity index (χ0n) is 7.61. The molecule has 1 heteroatoms. The Bertz CT molecular complexity index is 57.7. The lowest BCUT2D eigenvalue weighted by atomic mass is 9.97. The number of hydrogen-bond donors (Lipinski definition) is 1. The Balaban J connectivity index is 0.000000371. The first-order valence-corrected chi connectivity index (χ1v) is 4.64. The Morgan fingerprint density at radius 1 is 1.30 bits per heavy atom. The van der Waals surface area contributed by atoms with Gasteiger partial charge >= 0.3 is 0 Å². The van der Waals surface area contributed by atoms with Crippen molar-refractivity contribution < 1.29 is 0 Å². The van der Waals surface area contributed by atoms with E-state index in [1.807, 2.05) is 13.8 Å². The summed E-state index contributed by atoms with van der Waals surface area (Å²) in [5, 5.41) is 3.27. The van der Waals surface area contributed by atoms with Crippen molar-refractivity contribution in [3.05, 3.63) is 0 Å². The van der Waals surface area contributed by atoms with E-state index in [-0.39, 0.29) is 0 Å². The molecule has 1 rings (SSSR count). The highest BCUT2D eigenvalue weighted by molar-refractivity contribution is 4.73. The van der Waals surface area contributed by atoms with Crippen molar-refractivity contribution in [1.82, 2.24) is 5.32 Å². The van der Waals surface area contributed by atoms with Gasteiger partial charge in [0, 0.05) is 0 Å². The second kappa shape index (κ2) is 7.07. The molecular formula is C9H21N. The Hall–Kier alpha value is -0.0400. The highest BCUT2D eigenvalue weighted by atomic mass is 14.9. The zero-order chi connectivity index (χ0) is 7.82. The third-order valence-corrected chi connectivity index (χ3v) is 1.83. The first-order valence-electron chi connectivity index (χ1n) is 4.64. The van der Waals surface area contributed by atoms with E-state index in [9.17, 15) is 0 Å². The molecule has 0 spiro atoms. The third-order valence-electron chi connectivity index (χ3n) is 1.83. The summed E-state index contributed by atoms with van der Waals surface area (Å²) < 4.78 is 0. The van der Waals surface area contributed by atoms with Gasteiger partial charge in [0.1, 0.15) is 0 Å². The van der Waals surface area contributed by atoms with E-state index in [4.69, 9.17) is 0 Å². The summed E-state index contributed by atoms with van der Waals surface area (Å²) in [6.07, 6.45) is 4.23. The maximum absolute atomic E-state index is 3.27. The van der Waals surface area contributed by atoms with E-state index in [0.29, 0.717) is 0 Å². The molecule has 0 aromatic carbocycles. The van der Waals surface area contributed by atoms with Gasteiger partial charge in [0.2, 0.25) is 0 Å². The summed E-state index contributed by atoms with van der Waals surface area (Å²) in [6.45, 7) is 8.81. The van der Waals surface area contributed by atoms with E-state index in [1.165, 1.54) is 32.4 Å². The molecule has 1 N–H and O–H groups in total. The van der Waals surface area contributed by atoms with Gasteiger partial charge in [-0.3, -0.25) is 0 Å². The van der Waals surface area contributed by atoms with Crippen molar-refractivity contribution in [2.45, 2.75) is 40.0 Å². The molecule has 1 aliphatic rings. The Kier molecular flexibility index (Phi) is 7.04. The maximum Gasteiger partial charge on any atom is -0.000826 e. The van der Waals surface area contributed by atoms with Crippen molar-refractivity contribution in [2.75, 3.05) is 13.1 Å². The van der Waals surface area contributed by atoms with Crippen LogP contribution in [0.1, 0.15) is 40.0 Å². The minimum absolute atomic E-state index is 1.02. The van der Waals surface area contributed by atoms with Crippen molar-refractivity contribution in [3.63, 3.8) is 0 Å². The van der Waals surface area contributed by atoms with Crippen LogP contribution in [-0.4, -0.2) is 13.1 Å². The van der Waals surface area contributed by atoms with Crippen molar-refractivity contribution in [1.29, 1.82) is 0 Å². The largest absolute Gasteiger partial charge is 0.316 e. The lowest BCUT2D eigenvalue weighted by molar-refractivity contribution is 0.319. The van der Waals surface area contributed by atoms with Gasteiger partial charge in [-0.25, -0.2) is 0 Å². The van der Waals surface area contributed by atoms with Gasteiger partial charge in [-0.05, 0) is 25.4 Å². The van der Waals surface area contributed by atoms with Crippen LogP contribution in [0.25, 0.3) is 0 Å². The van der Waals surface area contributed by atoms with Crippen LogP contribution in [0, 0.1) is 5.92 Å². The normalized spacial score (nSPS) is 17.1. The molecule has 0 bridgehead atoms. The molecule has 0 unspecified atom stereocenters. The van der Waals surface area contributed by atoms with Crippen LogP contribution in [-0.2, 0) is 0 Å². The molecule has 1 fully saturated rings. The fraction of sp³-hybridized carbons (Fsp3) is 1.00. The van der Waals surface area contributed by atoms with E-state index >= 15 is 0 Å². The molecule has 0 aliphatic carbocycles. The van der Waals surface area contributed by atoms with E-state index < -0.39 is 0 Å². The molecule has 0 radical (unpaired) electrons. The van der Waals surface area contributed by atoms with Gasteiger partial charge in [0.15, 0.2) is 0 Å². The Morgan fingerprint density at radius 2 is 1.90 bits per heavy atom. The van der Waals surface area contributed by atoms with Crippen LogP contribution >= 0.6 is 0 Å². The summed E-state index contributed by atoms with van der Waals surface area (Å²) in [5.74, 6) is 1.02. The molecule has 0 atom stereocenters. The molecule has 0 amide bonds. The number of hydrogen-bond acceptors (Lipinski definition) is 1. The highest BCUT2D eigenvalue weighted by Crippen LogP contribution is 2.11. The van der Waals surface area contributed by atoms with Gasteiger partial charge in [0.25, 0.3) is 0 Å². The average molecular weight is 143 g/mol. The van der Waals surface area contributed by atoms with Crippen molar-refractivity contribution in [3.8, 4) is 0 Å². The molecule has 62 valence electrons. The van der Waals surface area contributed by atoms with E-state index in [2.05, 4.69) is 12.2 Å². The quantitative estimate of drug-likeness (QED) is 0.640. The predicted octanol–water partition coefficient (Wildman–Crippen LogP) is 2.42. The molecule has 1 nitrogen and oxygen atoms in total. The van der Waals surface area contributed by atoms with Crippen molar-refractivity contribution >= 4 is 0 Å². The lowest BCUT2D eigenvalue weighted by Crippen LogP contribution is -2.41. The third kappa shape index (κ3) is 3.89. The van der Waals surface area contributed by atoms with Crippen LogP contribution in [0.2, 0.25) is 0 Å². The van der Waals surface area contributed by atoms with Crippen LogP contribution in [0.5, 0.6) is 0 Å². The standard InChI is InChI=1S/C7H15N.C2H6/c1-2-3-4-7-5-8-6-7;1-2/h7-8H,2-6H2,1H3;1-2H3. The second-order valence-corrected chi connectivity index (χ2v) is 2.67. The van der Waals surface area contributed by atoms with Gasteiger partial charge < -0.3 is 5.32 Å². The topological polar surface area (TPSA) is 12.0 Å². The van der Waals surface area contributed by atoms with Crippen LogP contribution in [0.15, 0.2) is 0 Å². The lowest BCUT2D eigenvalue weighted by Gasteiger charge is -2.26. The molecule has 1 heterocycles. The Labute approximate surface area is 65.2 Å². The zero-order valence-corrected chi connectivity index (χ0v) is 7.61. The van der Waals surface area contributed by atoms with Crippen LogP contribution in [0.4, 0.5) is 0 Å². The smallest absolute Gasteiger partial charge is 0.000826 e. The molecule has 0 aromatic rings. The number of unbranched alkanes of at least 4 members (excludes halogenated alkanes) is 1. The Morgan fingerprint density at radius 3 is 2.20 bits per heavy atom. The molecule has 1 aliphatic heterocycles. The summed E-state index contributed by atoms with van der Waals surface area (Å²) >= 11 is 0. The number of rotatable bonds is 3. The predicted molar refractivity (Wildman–Crippen MR) is 47.2 cm³/mol. The van der Waals surface area contributed by atoms with E-state index in [1.54, 1.807) is 0 Å². The first kappa shape index (κ1) is 9.96. The van der Waals surface area contributed by atoms with Crippen LogP contribution in [0.3, 0.4) is 0 Å². The first-order chi connectivity index (χ1) is 4.93. The second-order valence-electron chi connectivity index (χ2n) is 2.67. The fourth-order valence-corrected chi connectivity index (χ4v) is 1.05. The van der Waals surface area contributed by atoms with E-state index in [0.717, 1.165) is 5.92 Å². The monoisotopic (exact) mass is 143 g/mol. The molecule has 0 saturated carbocycles. The maximum atomic E-state index is 3.27. The van der Waals surface area contributed by atoms with Crippen molar-refractivity contribution in [2.24, 2.45) is 5.92 Å². The summed E-state index contributed by atoms with van der Waals surface area (Å²) in [5.41, 5.74) is 0. The SMILES string of the molecule is CC.CCCCC1CNC1.